The highest BCUT2D eigenvalue weighted by Crippen LogP contribution is 2.20. The third kappa shape index (κ3) is 5.93. The number of carbonyl (C=O) groups excluding carboxylic acids is 2. The zero-order valence-corrected chi connectivity index (χ0v) is 18.4. The first kappa shape index (κ1) is 22.1. The lowest BCUT2D eigenvalue weighted by atomic mass is 10.2. The van der Waals surface area contributed by atoms with Crippen LogP contribution in [0.2, 0.25) is 5.02 Å². The first-order valence-corrected chi connectivity index (χ1v) is 10.8. The fraction of sp³-hybridized carbons (Fsp3) is 0.318. The smallest absolute Gasteiger partial charge is 0.257 e. The molecular weight excluding hydrogens is 420 g/mol. The molecule has 1 saturated heterocycles. The minimum absolute atomic E-state index is 0.218. The molecule has 8 heteroatoms. The van der Waals surface area contributed by atoms with Gasteiger partial charge >= 0.3 is 0 Å². The Morgan fingerprint density at radius 1 is 1.07 bits per heavy atom. The number of thiocarbonyl (C=S) groups is 1. The van der Waals surface area contributed by atoms with Crippen molar-refractivity contribution in [2.24, 2.45) is 0 Å². The third-order valence-electron chi connectivity index (χ3n) is 4.90. The van der Waals surface area contributed by atoms with Crippen molar-refractivity contribution < 1.29 is 9.59 Å². The molecule has 1 aliphatic heterocycles. The minimum Gasteiger partial charge on any atom is -0.368 e. The number of anilines is 2. The van der Waals surface area contributed by atoms with Crippen LogP contribution in [0.3, 0.4) is 0 Å². The molecule has 0 spiro atoms. The number of hydrogen-bond acceptors (Lipinski definition) is 4. The van der Waals surface area contributed by atoms with Gasteiger partial charge in [0.2, 0.25) is 5.91 Å². The molecule has 3 rings (SSSR count). The predicted molar refractivity (Wildman–Crippen MR) is 125 cm³/mol. The van der Waals surface area contributed by atoms with Crippen LogP contribution < -0.4 is 15.5 Å². The lowest BCUT2D eigenvalue weighted by molar-refractivity contribution is -0.131. The summed E-state index contributed by atoms with van der Waals surface area (Å²) in [6, 6.07) is 14.5. The molecule has 0 atom stereocenters. The van der Waals surface area contributed by atoms with Gasteiger partial charge in [-0.15, -0.1) is 0 Å². The van der Waals surface area contributed by atoms with E-state index in [9.17, 15) is 9.59 Å². The maximum atomic E-state index is 12.2. The van der Waals surface area contributed by atoms with Gasteiger partial charge in [0.15, 0.2) is 5.11 Å². The Morgan fingerprint density at radius 2 is 1.77 bits per heavy atom. The second-order valence-corrected chi connectivity index (χ2v) is 7.93. The van der Waals surface area contributed by atoms with E-state index in [1.807, 2.05) is 36.1 Å². The average Bonchev–Trinajstić information content (AvgIpc) is 2.74. The normalized spacial score (nSPS) is 13.7. The van der Waals surface area contributed by atoms with Crippen LogP contribution in [0.15, 0.2) is 48.5 Å². The lowest BCUT2D eigenvalue weighted by Gasteiger charge is -2.36. The quantitative estimate of drug-likeness (QED) is 0.684. The van der Waals surface area contributed by atoms with E-state index in [0.717, 1.165) is 44.0 Å². The summed E-state index contributed by atoms with van der Waals surface area (Å²) >= 11 is 11.2. The van der Waals surface area contributed by atoms with E-state index in [4.69, 9.17) is 23.8 Å². The molecule has 2 aromatic rings. The van der Waals surface area contributed by atoms with Crippen molar-refractivity contribution in [1.29, 1.82) is 0 Å². The maximum Gasteiger partial charge on any atom is 0.257 e. The summed E-state index contributed by atoms with van der Waals surface area (Å²) < 4.78 is 0. The van der Waals surface area contributed by atoms with Gasteiger partial charge in [0.05, 0.1) is 0 Å². The van der Waals surface area contributed by atoms with Crippen molar-refractivity contribution in [3.63, 3.8) is 0 Å². The van der Waals surface area contributed by atoms with Crippen molar-refractivity contribution in [1.82, 2.24) is 10.2 Å². The summed E-state index contributed by atoms with van der Waals surface area (Å²) in [5, 5.41) is 6.38. The number of piperazine rings is 1. The van der Waals surface area contributed by atoms with Crippen LogP contribution in [0.25, 0.3) is 0 Å². The molecule has 0 bridgehead atoms. The van der Waals surface area contributed by atoms with Crippen molar-refractivity contribution in [3.8, 4) is 0 Å². The monoisotopic (exact) mass is 444 g/mol. The van der Waals surface area contributed by atoms with Gasteiger partial charge in [-0.1, -0.05) is 24.6 Å². The highest BCUT2D eigenvalue weighted by Gasteiger charge is 2.20. The van der Waals surface area contributed by atoms with Gasteiger partial charge in [0.25, 0.3) is 5.91 Å². The Morgan fingerprint density at radius 3 is 2.40 bits per heavy atom. The van der Waals surface area contributed by atoms with Crippen molar-refractivity contribution in [3.05, 3.63) is 59.1 Å². The molecule has 2 aromatic carbocycles. The zero-order chi connectivity index (χ0) is 21.5. The lowest BCUT2D eigenvalue weighted by Crippen LogP contribution is -2.48. The van der Waals surface area contributed by atoms with E-state index in [0.29, 0.717) is 17.0 Å². The molecule has 0 radical (unpaired) electrons. The van der Waals surface area contributed by atoms with Crippen molar-refractivity contribution in [2.45, 2.75) is 19.8 Å². The van der Waals surface area contributed by atoms with Gasteiger partial charge in [-0.25, -0.2) is 0 Å². The van der Waals surface area contributed by atoms with Gasteiger partial charge in [-0.3, -0.25) is 14.9 Å². The maximum absolute atomic E-state index is 12.2. The SMILES string of the molecule is CCCC(=O)N1CCN(c2ccc(NC(=S)NC(=O)c3cccc(Cl)c3)cc2)CC1. The molecule has 2 N–H and O–H groups in total. The molecule has 1 fully saturated rings. The molecular formula is C22H25ClN4O2S. The van der Waals surface area contributed by atoms with Gasteiger partial charge in [0, 0.05) is 54.6 Å². The average molecular weight is 445 g/mol. The Balaban J connectivity index is 1.50. The van der Waals surface area contributed by atoms with Crippen LogP contribution >= 0.6 is 23.8 Å². The van der Waals surface area contributed by atoms with Gasteiger partial charge < -0.3 is 15.1 Å². The number of nitrogens with zero attached hydrogens (tertiary/aromatic N) is 2. The molecule has 0 aliphatic carbocycles. The van der Waals surface area contributed by atoms with Crippen LogP contribution in [0, 0.1) is 0 Å². The Bertz CT molecular complexity index is 912. The number of nitrogens with one attached hydrogen (secondary N) is 2. The summed E-state index contributed by atoms with van der Waals surface area (Å²) in [7, 11) is 0. The molecule has 6 nitrogen and oxygen atoms in total. The summed E-state index contributed by atoms with van der Waals surface area (Å²) in [5.74, 6) is -0.0767. The summed E-state index contributed by atoms with van der Waals surface area (Å²) in [4.78, 5) is 28.5. The summed E-state index contributed by atoms with van der Waals surface area (Å²) in [6.45, 7) is 5.15. The fourth-order valence-corrected chi connectivity index (χ4v) is 3.71. The minimum atomic E-state index is -0.317. The van der Waals surface area contributed by atoms with Crippen LogP contribution in [0.4, 0.5) is 11.4 Å². The molecule has 158 valence electrons. The van der Waals surface area contributed by atoms with Crippen LogP contribution in [0.1, 0.15) is 30.1 Å². The Kier molecular flexibility index (Phi) is 7.65. The van der Waals surface area contributed by atoms with E-state index in [1.54, 1.807) is 24.3 Å². The first-order valence-electron chi connectivity index (χ1n) is 9.97. The van der Waals surface area contributed by atoms with Crippen molar-refractivity contribution >= 4 is 52.1 Å². The standard InChI is InChI=1S/C22H25ClN4O2S/c1-2-4-20(28)27-13-11-26(12-14-27)19-9-7-18(8-10-19)24-22(30)25-21(29)16-5-3-6-17(23)15-16/h3,5-10,15H,2,4,11-14H2,1H3,(H2,24,25,29,30). The molecule has 0 unspecified atom stereocenters. The second kappa shape index (κ2) is 10.4. The highest BCUT2D eigenvalue weighted by molar-refractivity contribution is 7.80. The molecule has 1 aliphatic rings. The molecule has 30 heavy (non-hydrogen) atoms. The number of halogens is 1. The second-order valence-electron chi connectivity index (χ2n) is 7.08. The number of amides is 2. The number of hydrogen-bond donors (Lipinski definition) is 2. The van der Waals surface area contributed by atoms with Gasteiger partial charge in [-0.05, 0) is 61.1 Å². The van der Waals surface area contributed by atoms with E-state index in [2.05, 4.69) is 15.5 Å². The Labute approximate surface area is 187 Å². The van der Waals surface area contributed by atoms with Gasteiger partial charge in [0.1, 0.15) is 0 Å². The molecule has 1 heterocycles. The zero-order valence-electron chi connectivity index (χ0n) is 16.9. The van der Waals surface area contributed by atoms with E-state index in [-0.39, 0.29) is 16.9 Å². The van der Waals surface area contributed by atoms with E-state index >= 15 is 0 Å². The molecule has 2 amide bonds. The highest BCUT2D eigenvalue weighted by atomic mass is 35.5. The number of carbonyl (C=O) groups is 2. The van der Waals surface area contributed by atoms with Crippen LogP contribution in [-0.4, -0.2) is 48.0 Å². The number of rotatable bonds is 5. The summed E-state index contributed by atoms with van der Waals surface area (Å²) in [5.41, 5.74) is 2.32. The first-order chi connectivity index (χ1) is 14.5. The fourth-order valence-electron chi connectivity index (χ4n) is 3.31. The third-order valence-corrected chi connectivity index (χ3v) is 5.34. The van der Waals surface area contributed by atoms with Crippen LogP contribution in [-0.2, 0) is 4.79 Å². The largest absolute Gasteiger partial charge is 0.368 e. The van der Waals surface area contributed by atoms with Crippen LogP contribution in [0.5, 0.6) is 0 Å². The molecule has 0 aromatic heterocycles. The summed E-state index contributed by atoms with van der Waals surface area (Å²) in [6.07, 6.45) is 1.50. The van der Waals surface area contributed by atoms with Gasteiger partial charge in [-0.2, -0.15) is 0 Å². The Hall–Kier alpha value is -2.64. The van der Waals surface area contributed by atoms with Crippen molar-refractivity contribution in [2.75, 3.05) is 36.4 Å². The topological polar surface area (TPSA) is 64.7 Å². The number of benzene rings is 2. The van der Waals surface area contributed by atoms with E-state index in [1.165, 1.54) is 0 Å². The van der Waals surface area contributed by atoms with E-state index < -0.39 is 0 Å². The predicted octanol–water partition coefficient (Wildman–Crippen LogP) is 3.92. The molecule has 0 saturated carbocycles.